The van der Waals surface area contributed by atoms with E-state index in [9.17, 15) is 9.59 Å². The summed E-state index contributed by atoms with van der Waals surface area (Å²) in [5.41, 5.74) is 7.40. The molecule has 0 spiro atoms. The lowest BCUT2D eigenvalue weighted by Crippen LogP contribution is -2.30. The molecule has 0 saturated carbocycles. The molecule has 2 aromatic carbocycles. The van der Waals surface area contributed by atoms with Crippen LogP contribution in [0.3, 0.4) is 0 Å². The molecule has 0 atom stereocenters. The topological polar surface area (TPSA) is 93.4 Å². The molecule has 0 saturated heterocycles. The summed E-state index contributed by atoms with van der Waals surface area (Å²) < 4.78 is 5.55. The Morgan fingerprint density at radius 1 is 1.07 bits per heavy atom. The van der Waals surface area contributed by atoms with Gasteiger partial charge in [0.15, 0.2) is 0 Å². The highest BCUT2D eigenvalue weighted by Gasteiger charge is 2.12. The highest BCUT2D eigenvalue weighted by molar-refractivity contribution is 6.03. The number of amides is 2. The maximum absolute atomic E-state index is 12.3. The van der Waals surface area contributed by atoms with Crippen molar-refractivity contribution in [3.8, 4) is 5.75 Å². The Labute approximate surface area is 160 Å². The summed E-state index contributed by atoms with van der Waals surface area (Å²) in [6, 6.07) is 14.7. The molecule has 0 unspecified atom stereocenters. The first-order valence-electron chi connectivity index (χ1n) is 9.23. The summed E-state index contributed by atoms with van der Waals surface area (Å²) >= 11 is 0. The fourth-order valence-corrected chi connectivity index (χ4v) is 2.51. The molecule has 4 N–H and O–H groups in total. The number of anilines is 1. The van der Waals surface area contributed by atoms with Crippen LogP contribution in [-0.2, 0) is 11.2 Å². The van der Waals surface area contributed by atoms with Gasteiger partial charge in [-0.05, 0) is 42.7 Å². The first kappa shape index (κ1) is 20.5. The molecule has 0 bridgehead atoms. The SMILES string of the molecule is CCCOc1ccc(CCC(=O)Nc2ccccc2C(=O)NCCN)cc1. The number of hydrogen-bond acceptors (Lipinski definition) is 4. The second-order valence-corrected chi connectivity index (χ2v) is 6.13. The first-order chi connectivity index (χ1) is 13.1. The van der Waals surface area contributed by atoms with Gasteiger partial charge in [-0.25, -0.2) is 0 Å². The number of rotatable bonds is 10. The van der Waals surface area contributed by atoms with Crippen molar-refractivity contribution >= 4 is 17.5 Å². The molecular weight excluding hydrogens is 342 g/mol. The number of carbonyl (C=O) groups excluding carboxylic acids is 2. The number of nitrogens with two attached hydrogens (primary N) is 1. The fourth-order valence-electron chi connectivity index (χ4n) is 2.51. The van der Waals surface area contributed by atoms with E-state index in [4.69, 9.17) is 10.5 Å². The minimum atomic E-state index is -0.251. The summed E-state index contributed by atoms with van der Waals surface area (Å²) in [5.74, 6) is 0.446. The predicted octanol–water partition coefficient (Wildman–Crippen LogP) is 2.74. The van der Waals surface area contributed by atoms with Crippen LogP contribution in [0.5, 0.6) is 5.75 Å². The van der Waals surface area contributed by atoms with Gasteiger partial charge >= 0.3 is 0 Å². The zero-order valence-electron chi connectivity index (χ0n) is 15.7. The summed E-state index contributed by atoms with van der Waals surface area (Å²) in [5, 5.41) is 5.53. The van der Waals surface area contributed by atoms with Crippen LogP contribution in [0.15, 0.2) is 48.5 Å². The van der Waals surface area contributed by atoms with Crippen molar-refractivity contribution < 1.29 is 14.3 Å². The van der Waals surface area contributed by atoms with E-state index in [1.807, 2.05) is 24.3 Å². The number of ether oxygens (including phenoxy) is 1. The van der Waals surface area contributed by atoms with Crippen molar-refractivity contribution in [2.75, 3.05) is 25.0 Å². The van der Waals surface area contributed by atoms with Gasteiger partial charge in [0, 0.05) is 19.5 Å². The van der Waals surface area contributed by atoms with Gasteiger partial charge in [0.25, 0.3) is 5.91 Å². The largest absolute Gasteiger partial charge is 0.494 e. The van der Waals surface area contributed by atoms with Gasteiger partial charge < -0.3 is 21.1 Å². The summed E-state index contributed by atoms with van der Waals surface area (Å²) in [6.07, 6.45) is 1.91. The average Bonchev–Trinajstić information content (AvgIpc) is 2.70. The normalized spacial score (nSPS) is 10.3. The van der Waals surface area contributed by atoms with E-state index in [2.05, 4.69) is 17.6 Å². The maximum atomic E-state index is 12.3. The van der Waals surface area contributed by atoms with Crippen LogP contribution in [0.25, 0.3) is 0 Å². The smallest absolute Gasteiger partial charge is 0.253 e. The molecule has 27 heavy (non-hydrogen) atoms. The van der Waals surface area contributed by atoms with Crippen molar-refractivity contribution in [1.29, 1.82) is 0 Å². The van der Waals surface area contributed by atoms with Gasteiger partial charge in [-0.1, -0.05) is 31.2 Å². The van der Waals surface area contributed by atoms with Gasteiger partial charge in [0.1, 0.15) is 5.75 Å². The number of nitrogens with one attached hydrogen (secondary N) is 2. The predicted molar refractivity (Wildman–Crippen MR) is 107 cm³/mol. The highest BCUT2D eigenvalue weighted by atomic mass is 16.5. The molecular formula is C21H27N3O3. The van der Waals surface area contributed by atoms with E-state index in [0.717, 1.165) is 17.7 Å². The van der Waals surface area contributed by atoms with Crippen molar-refractivity contribution in [2.24, 2.45) is 5.73 Å². The Hall–Kier alpha value is -2.86. The molecule has 0 aromatic heterocycles. The van der Waals surface area contributed by atoms with Crippen LogP contribution < -0.4 is 21.1 Å². The zero-order valence-corrected chi connectivity index (χ0v) is 15.7. The Kier molecular flexibility index (Phi) is 8.32. The number of para-hydroxylation sites is 1. The number of carbonyl (C=O) groups is 2. The Bertz CT molecular complexity index is 745. The molecule has 6 heteroatoms. The summed E-state index contributed by atoms with van der Waals surface area (Å²) in [6.45, 7) is 3.51. The van der Waals surface area contributed by atoms with E-state index in [-0.39, 0.29) is 11.8 Å². The van der Waals surface area contributed by atoms with Crippen LogP contribution in [-0.4, -0.2) is 31.5 Å². The van der Waals surface area contributed by atoms with Crippen LogP contribution in [0.4, 0.5) is 5.69 Å². The van der Waals surface area contributed by atoms with Gasteiger partial charge in [-0.15, -0.1) is 0 Å². The van der Waals surface area contributed by atoms with E-state index in [1.165, 1.54) is 0 Å². The second kappa shape index (κ2) is 11.0. The first-order valence-corrected chi connectivity index (χ1v) is 9.23. The zero-order chi connectivity index (χ0) is 19.5. The van der Waals surface area contributed by atoms with Gasteiger partial charge in [-0.3, -0.25) is 9.59 Å². The monoisotopic (exact) mass is 369 g/mol. The lowest BCUT2D eigenvalue weighted by molar-refractivity contribution is -0.116. The summed E-state index contributed by atoms with van der Waals surface area (Å²) in [7, 11) is 0. The number of hydrogen-bond donors (Lipinski definition) is 3. The Morgan fingerprint density at radius 3 is 2.52 bits per heavy atom. The maximum Gasteiger partial charge on any atom is 0.253 e. The van der Waals surface area contributed by atoms with Crippen molar-refractivity contribution in [1.82, 2.24) is 5.32 Å². The number of benzene rings is 2. The molecule has 6 nitrogen and oxygen atoms in total. The Morgan fingerprint density at radius 2 is 1.81 bits per heavy atom. The van der Waals surface area contributed by atoms with Crippen molar-refractivity contribution in [3.63, 3.8) is 0 Å². The molecule has 2 rings (SSSR count). The quantitative estimate of drug-likeness (QED) is 0.600. The van der Waals surface area contributed by atoms with Gasteiger partial charge in [0.2, 0.25) is 5.91 Å². The third-order valence-electron chi connectivity index (χ3n) is 3.91. The van der Waals surface area contributed by atoms with Gasteiger partial charge in [0.05, 0.1) is 17.9 Å². The Balaban J connectivity index is 1.89. The van der Waals surface area contributed by atoms with E-state index < -0.39 is 0 Å². The number of aryl methyl sites for hydroxylation is 1. The molecule has 0 heterocycles. The standard InChI is InChI=1S/C21H27N3O3/c1-2-15-27-17-10-7-16(8-11-17)9-12-20(25)24-19-6-4-3-5-18(19)21(26)23-14-13-22/h3-8,10-11H,2,9,12-15,22H2,1H3,(H,23,26)(H,24,25). The van der Waals surface area contributed by atoms with Crippen molar-refractivity contribution in [2.45, 2.75) is 26.2 Å². The van der Waals surface area contributed by atoms with E-state index >= 15 is 0 Å². The van der Waals surface area contributed by atoms with Crippen LogP contribution in [0.2, 0.25) is 0 Å². The van der Waals surface area contributed by atoms with Crippen LogP contribution >= 0.6 is 0 Å². The minimum absolute atomic E-state index is 0.139. The minimum Gasteiger partial charge on any atom is -0.494 e. The third kappa shape index (κ3) is 6.75. The van der Waals surface area contributed by atoms with Gasteiger partial charge in [-0.2, -0.15) is 0 Å². The van der Waals surface area contributed by atoms with Crippen LogP contribution in [0.1, 0.15) is 35.7 Å². The average molecular weight is 369 g/mol. The second-order valence-electron chi connectivity index (χ2n) is 6.13. The van der Waals surface area contributed by atoms with E-state index in [1.54, 1.807) is 24.3 Å². The molecule has 2 aromatic rings. The molecule has 144 valence electrons. The summed E-state index contributed by atoms with van der Waals surface area (Å²) in [4.78, 5) is 24.5. The molecule has 0 aliphatic carbocycles. The van der Waals surface area contributed by atoms with E-state index in [0.29, 0.717) is 43.8 Å². The highest BCUT2D eigenvalue weighted by Crippen LogP contribution is 2.17. The molecule has 0 fully saturated rings. The molecule has 0 radical (unpaired) electrons. The third-order valence-corrected chi connectivity index (χ3v) is 3.91. The lowest BCUT2D eigenvalue weighted by Gasteiger charge is -2.11. The fraction of sp³-hybridized carbons (Fsp3) is 0.333. The molecule has 0 aliphatic rings. The van der Waals surface area contributed by atoms with Crippen molar-refractivity contribution in [3.05, 3.63) is 59.7 Å². The molecule has 0 aliphatic heterocycles. The molecule has 2 amide bonds. The lowest BCUT2D eigenvalue weighted by atomic mass is 10.1. The van der Waals surface area contributed by atoms with Crippen LogP contribution in [0, 0.1) is 0 Å².